The molecule has 1 aliphatic heterocycles. The molecule has 0 saturated carbocycles. The lowest BCUT2D eigenvalue weighted by Crippen LogP contribution is -2.46. The molecule has 2 aromatic carbocycles. The zero-order chi connectivity index (χ0) is 21.6. The molecule has 1 aromatic heterocycles. The molecule has 160 valence electrons. The molecule has 1 saturated heterocycles. The lowest BCUT2D eigenvalue weighted by molar-refractivity contribution is -0.122. The van der Waals surface area contributed by atoms with Crippen molar-refractivity contribution < 1.29 is 9.59 Å². The molecule has 0 spiro atoms. The first kappa shape index (κ1) is 21.3. The number of nitrogens with one attached hydrogen (secondary N) is 1. The van der Waals surface area contributed by atoms with Crippen LogP contribution in [0.1, 0.15) is 40.1 Å². The molecule has 4 nitrogen and oxygen atoms in total. The molecule has 3 aromatic rings. The largest absolute Gasteiger partial charge is 0.353 e. The van der Waals surface area contributed by atoms with E-state index in [1.165, 1.54) is 22.5 Å². The Morgan fingerprint density at radius 3 is 2.42 bits per heavy atom. The molecule has 4 rings (SSSR count). The van der Waals surface area contributed by atoms with Gasteiger partial charge in [0.15, 0.2) is 0 Å². The van der Waals surface area contributed by atoms with Gasteiger partial charge in [0.05, 0.1) is 4.88 Å². The normalized spacial score (nSPS) is 14.4. The number of hydrogen-bond acceptors (Lipinski definition) is 3. The number of carbonyl (C=O) groups excluding carboxylic acids is 2. The highest BCUT2D eigenvalue weighted by Crippen LogP contribution is 2.30. The van der Waals surface area contributed by atoms with Crippen LogP contribution in [0.3, 0.4) is 0 Å². The maximum absolute atomic E-state index is 13.2. The van der Waals surface area contributed by atoms with Crippen molar-refractivity contribution >= 4 is 23.2 Å². The van der Waals surface area contributed by atoms with Crippen molar-refractivity contribution in [2.75, 3.05) is 13.1 Å². The number of aryl methyl sites for hydroxylation is 2. The third kappa shape index (κ3) is 5.42. The van der Waals surface area contributed by atoms with Gasteiger partial charge in [-0.3, -0.25) is 9.59 Å². The number of rotatable bonds is 6. The second-order valence-corrected chi connectivity index (χ2v) is 9.07. The summed E-state index contributed by atoms with van der Waals surface area (Å²) in [6.07, 6.45) is 2.85. The van der Waals surface area contributed by atoms with E-state index >= 15 is 0 Å². The third-order valence-corrected chi connectivity index (χ3v) is 6.76. The van der Waals surface area contributed by atoms with Gasteiger partial charge in [0.25, 0.3) is 5.91 Å². The molecular weight excluding hydrogens is 404 g/mol. The van der Waals surface area contributed by atoms with Crippen LogP contribution in [0.5, 0.6) is 0 Å². The summed E-state index contributed by atoms with van der Waals surface area (Å²) >= 11 is 1.51. The van der Waals surface area contributed by atoms with Gasteiger partial charge in [-0.05, 0) is 48.8 Å². The van der Waals surface area contributed by atoms with Gasteiger partial charge in [-0.1, -0.05) is 60.2 Å². The van der Waals surface area contributed by atoms with Gasteiger partial charge in [-0.2, -0.15) is 0 Å². The Balaban J connectivity index is 1.29. The van der Waals surface area contributed by atoms with Gasteiger partial charge in [-0.15, -0.1) is 11.3 Å². The van der Waals surface area contributed by atoms with E-state index in [4.69, 9.17) is 0 Å². The predicted molar refractivity (Wildman–Crippen MR) is 126 cm³/mol. The Bertz CT molecular complexity index is 1020. The van der Waals surface area contributed by atoms with Crippen molar-refractivity contribution in [2.45, 2.75) is 38.6 Å². The van der Waals surface area contributed by atoms with E-state index in [1.54, 1.807) is 0 Å². The van der Waals surface area contributed by atoms with Crippen LogP contribution in [0.4, 0.5) is 0 Å². The van der Waals surface area contributed by atoms with E-state index in [-0.39, 0.29) is 17.9 Å². The number of hydrogen-bond donors (Lipinski definition) is 1. The Labute approximate surface area is 187 Å². The monoisotopic (exact) mass is 432 g/mol. The summed E-state index contributed by atoms with van der Waals surface area (Å²) in [5.41, 5.74) is 4.47. The van der Waals surface area contributed by atoms with Gasteiger partial charge in [-0.25, -0.2) is 0 Å². The molecule has 0 aliphatic carbocycles. The third-order valence-electron chi connectivity index (χ3n) is 5.85. The maximum atomic E-state index is 13.2. The number of likely N-dealkylation sites (tertiary alicyclic amines) is 1. The van der Waals surface area contributed by atoms with E-state index in [9.17, 15) is 9.59 Å². The molecular formula is C26H28N2O2S. The summed E-state index contributed by atoms with van der Waals surface area (Å²) in [7, 11) is 0. The summed E-state index contributed by atoms with van der Waals surface area (Å²) in [6.45, 7) is 3.41. The van der Waals surface area contributed by atoms with Crippen LogP contribution in [0.15, 0.2) is 66.0 Å². The maximum Gasteiger partial charge on any atom is 0.264 e. The minimum Gasteiger partial charge on any atom is -0.353 e. The van der Waals surface area contributed by atoms with Crippen molar-refractivity contribution in [1.82, 2.24) is 10.2 Å². The first-order chi connectivity index (χ1) is 15.1. The van der Waals surface area contributed by atoms with Crippen LogP contribution < -0.4 is 5.32 Å². The number of thiophene rings is 1. The van der Waals surface area contributed by atoms with Crippen LogP contribution in [-0.4, -0.2) is 35.8 Å². The highest BCUT2D eigenvalue weighted by atomic mass is 32.1. The van der Waals surface area contributed by atoms with Gasteiger partial charge in [0.2, 0.25) is 5.91 Å². The highest BCUT2D eigenvalue weighted by molar-refractivity contribution is 7.12. The van der Waals surface area contributed by atoms with Crippen LogP contribution in [0.2, 0.25) is 0 Å². The van der Waals surface area contributed by atoms with Crippen molar-refractivity contribution in [1.29, 1.82) is 0 Å². The zero-order valence-corrected chi connectivity index (χ0v) is 18.7. The molecule has 0 atom stereocenters. The van der Waals surface area contributed by atoms with Gasteiger partial charge >= 0.3 is 0 Å². The molecule has 2 amide bonds. The zero-order valence-electron chi connectivity index (χ0n) is 17.8. The first-order valence-corrected chi connectivity index (χ1v) is 11.8. The van der Waals surface area contributed by atoms with Crippen molar-refractivity contribution in [3.05, 3.63) is 82.0 Å². The fraction of sp³-hybridized carbons (Fsp3) is 0.308. The summed E-state index contributed by atoms with van der Waals surface area (Å²) in [5, 5.41) is 5.14. The van der Waals surface area contributed by atoms with Crippen molar-refractivity contribution in [2.24, 2.45) is 0 Å². The molecule has 0 bridgehead atoms. The summed E-state index contributed by atoms with van der Waals surface area (Å²) < 4.78 is 0. The Morgan fingerprint density at radius 2 is 1.71 bits per heavy atom. The molecule has 5 heteroatoms. The van der Waals surface area contributed by atoms with Crippen molar-refractivity contribution in [3.63, 3.8) is 0 Å². The van der Waals surface area contributed by atoms with E-state index in [0.29, 0.717) is 19.5 Å². The summed E-state index contributed by atoms with van der Waals surface area (Å²) in [5.74, 6) is 0.188. The summed E-state index contributed by atoms with van der Waals surface area (Å²) in [4.78, 5) is 28.2. The second kappa shape index (κ2) is 9.92. The minimum atomic E-state index is 0.0912. The molecule has 0 unspecified atom stereocenters. The fourth-order valence-electron chi connectivity index (χ4n) is 4.01. The SMILES string of the molecule is Cc1ccc(-c2ccsc2C(=O)N2CCC(NC(=O)CCc3ccccc3)CC2)cc1. The van der Waals surface area contributed by atoms with E-state index in [0.717, 1.165) is 35.3 Å². The fourth-order valence-corrected chi connectivity index (χ4v) is 4.89. The van der Waals surface area contributed by atoms with Crippen LogP contribution in [-0.2, 0) is 11.2 Å². The van der Waals surface area contributed by atoms with Crippen LogP contribution in [0, 0.1) is 6.92 Å². The lowest BCUT2D eigenvalue weighted by Gasteiger charge is -2.32. The van der Waals surface area contributed by atoms with Crippen LogP contribution >= 0.6 is 11.3 Å². The number of carbonyl (C=O) groups is 2. The molecule has 31 heavy (non-hydrogen) atoms. The van der Waals surface area contributed by atoms with E-state index in [2.05, 4.69) is 36.5 Å². The molecule has 1 fully saturated rings. The first-order valence-electron chi connectivity index (χ1n) is 10.9. The number of nitrogens with zero attached hydrogens (tertiary/aromatic N) is 1. The molecule has 1 aliphatic rings. The second-order valence-electron chi connectivity index (χ2n) is 8.15. The van der Waals surface area contributed by atoms with Crippen molar-refractivity contribution in [3.8, 4) is 11.1 Å². The van der Waals surface area contributed by atoms with Gasteiger partial charge in [0, 0.05) is 31.1 Å². The van der Waals surface area contributed by atoms with E-state index in [1.807, 2.05) is 46.7 Å². The van der Waals surface area contributed by atoms with Gasteiger partial charge < -0.3 is 10.2 Å². The Hall–Kier alpha value is -2.92. The predicted octanol–water partition coefficient (Wildman–Crippen LogP) is 5.08. The Kier molecular flexibility index (Phi) is 6.82. The number of amides is 2. The van der Waals surface area contributed by atoms with Crippen LogP contribution in [0.25, 0.3) is 11.1 Å². The lowest BCUT2D eigenvalue weighted by atomic mass is 10.0. The average Bonchev–Trinajstić information content (AvgIpc) is 3.29. The minimum absolute atomic E-state index is 0.0912. The molecule has 1 N–H and O–H groups in total. The smallest absolute Gasteiger partial charge is 0.264 e. The molecule has 2 heterocycles. The standard InChI is InChI=1S/C26H28N2O2S/c1-19-7-10-21(11-8-19)23-15-18-31-25(23)26(30)28-16-13-22(14-17-28)27-24(29)12-9-20-5-3-2-4-6-20/h2-8,10-11,15,18,22H,9,12-14,16-17H2,1H3,(H,27,29). The topological polar surface area (TPSA) is 49.4 Å². The summed E-state index contributed by atoms with van der Waals surface area (Å²) in [6, 6.07) is 20.6. The van der Waals surface area contributed by atoms with Gasteiger partial charge in [0.1, 0.15) is 0 Å². The van der Waals surface area contributed by atoms with E-state index < -0.39 is 0 Å². The highest BCUT2D eigenvalue weighted by Gasteiger charge is 2.26. The number of piperidine rings is 1. The molecule has 0 radical (unpaired) electrons. The Morgan fingerprint density at radius 1 is 1.00 bits per heavy atom. The average molecular weight is 433 g/mol. The number of benzene rings is 2. The quantitative estimate of drug-likeness (QED) is 0.591.